The number of nitrogens with zero attached hydrogens (tertiary/aromatic N) is 2. The number of hydrogen-bond acceptors (Lipinski definition) is 5. The van der Waals surface area contributed by atoms with E-state index in [1.807, 2.05) is 0 Å². The molecule has 2 rings (SSSR count). The fraction of sp³-hybridized carbons (Fsp3) is 0.143. The lowest BCUT2D eigenvalue weighted by molar-refractivity contribution is -0.384. The normalized spacial score (nSPS) is 10.1. The van der Waals surface area contributed by atoms with Crippen LogP contribution >= 0.6 is 0 Å². The number of aromatic nitrogens is 1. The van der Waals surface area contributed by atoms with Gasteiger partial charge in [-0.25, -0.2) is 9.78 Å². The summed E-state index contributed by atoms with van der Waals surface area (Å²) in [6.07, 6.45) is 0. The molecular weight excluding hydrogens is 274 g/mol. The first-order valence-electron chi connectivity index (χ1n) is 6.15. The number of anilines is 1. The number of aromatic carboxylic acids is 1. The van der Waals surface area contributed by atoms with E-state index in [0.717, 1.165) is 5.56 Å². The Morgan fingerprint density at radius 2 is 1.95 bits per heavy atom. The largest absolute Gasteiger partial charge is 0.478 e. The summed E-state index contributed by atoms with van der Waals surface area (Å²) < 4.78 is 0. The molecule has 0 aliphatic heterocycles. The predicted molar refractivity (Wildman–Crippen MR) is 76.4 cm³/mol. The highest BCUT2D eigenvalue weighted by atomic mass is 16.6. The van der Waals surface area contributed by atoms with Gasteiger partial charge in [-0.15, -0.1) is 0 Å². The number of carbonyl (C=O) groups is 1. The molecule has 0 aliphatic carbocycles. The van der Waals surface area contributed by atoms with Gasteiger partial charge in [0.05, 0.1) is 10.5 Å². The number of carboxylic acids is 1. The number of rotatable bonds is 5. The molecule has 1 aromatic heterocycles. The minimum atomic E-state index is -0.995. The van der Waals surface area contributed by atoms with E-state index in [-0.39, 0.29) is 17.1 Å². The van der Waals surface area contributed by atoms with Crippen LogP contribution in [-0.4, -0.2) is 21.0 Å². The minimum absolute atomic E-state index is 0.0947. The molecule has 0 amide bonds. The molecule has 0 fully saturated rings. The zero-order valence-electron chi connectivity index (χ0n) is 11.2. The topological polar surface area (TPSA) is 105 Å². The Labute approximate surface area is 120 Å². The number of aryl methyl sites for hydroxylation is 1. The van der Waals surface area contributed by atoms with Crippen molar-refractivity contribution < 1.29 is 14.8 Å². The Bertz CT molecular complexity index is 683. The molecule has 2 aromatic rings. The van der Waals surface area contributed by atoms with Crippen LogP contribution in [0.25, 0.3) is 0 Å². The van der Waals surface area contributed by atoms with Crippen LogP contribution in [-0.2, 0) is 6.54 Å². The first kappa shape index (κ1) is 14.4. The Morgan fingerprint density at radius 1 is 1.29 bits per heavy atom. The molecule has 7 nitrogen and oxygen atoms in total. The Hall–Kier alpha value is -2.96. The highest BCUT2D eigenvalue weighted by Gasteiger charge is 2.14. The molecule has 0 radical (unpaired) electrons. The van der Waals surface area contributed by atoms with E-state index < -0.39 is 10.9 Å². The standard InChI is InChI=1S/C14H13N3O4/c1-9-2-7-12(17(20)21)13(16-9)15-8-10-3-5-11(6-4-10)14(18)19/h2-7H,8H2,1H3,(H,15,16)(H,18,19). The van der Waals surface area contributed by atoms with Crippen molar-refractivity contribution >= 4 is 17.5 Å². The predicted octanol–water partition coefficient (Wildman–Crippen LogP) is 2.61. The van der Waals surface area contributed by atoms with Crippen molar-refractivity contribution in [2.45, 2.75) is 13.5 Å². The van der Waals surface area contributed by atoms with E-state index in [4.69, 9.17) is 5.11 Å². The van der Waals surface area contributed by atoms with Crippen molar-refractivity contribution in [2.75, 3.05) is 5.32 Å². The van der Waals surface area contributed by atoms with Crippen LogP contribution in [0.4, 0.5) is 11.5 Å². The average Bonchev–Trinajstić information content (AvgIpc) is 2.45. The maximum atomic E-state index is 10.9. The lowest BCUT2D eigenvalue weighted by Crippen LogP contribution is -2.06. The molecule has 21 heavy (non-hydrogen) atoms. The zero-order chi connectivity index (χ0) is 15.4. The van der Waals surface area contributed by atoms with Gasteiger partial charge in [0.2, 0.25) is 5.82 Å². The minimum Gasteiger partial charge on any atom is -0.478 e. The van der Waals surface area contributed by atoms with Crippen LogP contribution in [0, 0.1) is 17.0 Å². The quantitative estimate of drug-likeness (QED) is 0.646. The van der Waals surface area contributed by atoms with Crippen LogP contribution in [0.3, 0.4) is 0 Å². The SMILES string of the molecule is Cc1ccc([N+](=O)[O-])c(NCc2ccc(C(=O)O)cc2)n1. The van der Waals surface area contributed by atoms with E-state index >= 15 is 0 Å². The molecule has 0 saturated carbocycles. The fourth-order valence-electron chi connectivity index (χ4n) is 1.78. The number of nitrogens with one attached hydrogen (secondary N) is 1. The van der Waals surface area contributed by atoms with Crippen LogP contribution in [0.5, 0.6) is 0 Å². The molecule has 108 valence electrons. The van der Waals surface area contributed by atoms with E-state index in [1.54, 1.807) is 25.1 Å². The Kier molecular flexibility index (Phi) is 4.13. The smallest absolute Gasteiger partial charge is 0.335 e. The third-order valence-electron chi connectivity index (χ3n) is 2.87. The van der Waals surface area contributed by atoms with E-state index in [2.05, 4.69) is 10.3 Å². The number of pyridine rings is 1. The molecule has 0 atom stereocenters. The van der Waals surface area contributed by atoms with Gasteiger partial charge in [0.15, 0.2) is 0 Å². The molecule has 0 unspecified atom stereocenters. The number of nitro groups is 1. The van der Waals surface area contributed by atoms with Crippen LogP contribution in [0.2, 0.25) is 0 Å². The highest BCUT2D eigenvalue weighted by molar-refractivity contribution is 5.87. The molecule has 1 heterocycles. The van der Waals surface area contributed by atoms with Crippen LogP contribution in [0.1, 0.15) is 21.6 Å². The maximum Gasteiger partial charge on any atom is 0.335 e. The third kappa shape index (κ3) is 3.53. The van der Waals surface area contributed by atoms with Crippen molar-refractivity contribution in [1.82, 2.24) is 4.98 Å². The van der Waals surface area contributed by atoms with Crippen molar-refractivity contribution in [3.63, 3.8) is 0 Å². The first-order chi connectivity index (χ1) is 9.97. The average molecular weight is 287 g/mol. The zero-order valence-corrected chi connectivity index (χ0v) is 11.2. The molecule has 0 aliphatic rings. The third-order valence-corrected chi connectivity index (χ3v) is 2.87. The van der Waals surface area contributed by atoms with E-state index in [0.29, 0.717) is 12.2 Å². The summed E-state index contributed by atoms with van der Waals surface area (Å²) in [5, 5.41) is 22.6. The number of hydrogen-bond donors (Lipinski definition) is 2. The molecular formula is C14H13N3O4. The van der Waals surface area contributed by atoms with E-state index in [9.17, 15) is 14.9 Å². The van der Waals surface area contributed by atoms with Gasteiger partial charge in [-0.1, -0.05) is 12.1 Å². The van der Waals surface area contributed by atoms with E-state index in [1.165, 1.54) is 18.2 Å². The van der Waals surface area contributed by atoms with Gasteiger partial charge in [-0.3, -0.25) is 10.1 Å². The Balaban J connectivity index is 2.14. The van der Waals surface area contributed by atoms with Gasteiger partial charge in [-0.05, 0) is 30.7 Å². The maximum absolute atomic E-state index is 10.9. The second-order valence-corrected chi connectivity index (χ2v) is 4.43. The summed E-state index contributed by atoms with van der Waals surface area (Å²) in [7, 11) is 0. The molecule has 7 heteroatoms. The summed E-state index contributed by atoms with van der Waals surface area (Å²) in [6, 6.07) is 9.24. The molecule has 0 saturated heterocycles. The molecule has 0 spiro atoms. The van der Waals surface area contributed by atoms with Crippen molar-refractivity contribution in [1.29, 1.82) is 0 Å². The van der Waals surface area contributed by atoms with Gasteiger partial charge >= 0.3 is 11.7 Å². The molecule has 2 N–H and O–H groups in total. The van der Waals surface area contributed by atoms with Gasteiger partial charge in [-0.2, -0.15) is 0 Å². The summed E-state index contributed by atoms with van der Waals surface area (Å²) in [6.45, 7) is 2.06. The van der Waals surface area contributed by atoms with Gasteiger partial charge in [0.1, 0.15) is 0 Å². The van der Waals surface area contributed by atoms with Crippen molar-refractivity contribution in [3.05, 3.63) is 63.3 Å². The molecule has 0 bridgehead atoms. The summed E-state index contributed by atoms with van der Waals surface area (Å²) in [5.74, 6) is -0.798. The molecule has 1 aromatic carbocycles. The second-order valence-electron chi connectivity index (χ2n) is 4.43. The summed E-state index contributed by atoms with van der Waals surface area (Å²) >= 11 is 0. The highest BCUT2D eigenvalue weighted by Crippen LogP contribution is 2.22. The van der Waals surface area contributed by atoms with Crippen LogP contribution < -0.4 is 5.32 Å². The van der Waals surface area contributed by atoms with Crippen molar-refractivity contribution in [2.24, 2.45) is 0 Å². The van der Waals surface area contributed by atoms with Gasteiger partial charge in [0.25, 0.3) is 0 Å². The first-order valence-corrected chi connectivity index (χ1v) is 6.15. The summed E-state index contributed by atoms with van der Waals surface area (Å²) in [5.41, 5.74) is 1.57. The van der Waals surface area contributed by atoms with Crippen LogP contribution in [0.15, 0.2) is 36.4 Å². The van der Waals surface area contributed by atoms with Gasteiger partial charge < -0.3 is 10.4 Å². The fourth-order valence-corrected chi connectivity index (χ4v) is 1.78. The summed E-state index contributed by atoms with van der Waals surface area (Å²) in [4.78, 5) is 25.3. The van der Waals surface area contributed by atoms with Crippen molar-refractivity contribution in [3.8, 4) is 0 Å². The lowest BCUT2D eigenvalue weighted by Gasteiger charge is -2.07. The number of carboxylic acid groups (broad SMARTS) is 1. The van der Waals surface area contributed by atoms with Gasteiger partial charge in [0, 0.05) is 18.3 Å². The Morgan fingerprint density at radius 3 is 2.52 bits per heavy atom. The monoisotopic (exact) mass is 287 g/mol. The lowest BCUT2D eigenvalue weighted by atomic mass is 10.1. The number of benzene rings is 1. The second kappa shape index (κ2) is 6.00.